The van der Waals surface area contributed by atoms with E-state index in [9.17, 15) is 13.6 Å². The van der Waals surface area contributed by atoms with Gasteiger partial charge < -0.3 is 9.84 Å². The second-order valence-electron chi connectivity index (χ2n) is 2.56. The Hall–Kier alpha value is -2.16. The van der Waals surface area contributed by atoms with Crippen LogP contribution in [0.5, 0.6) is 5.75 Å². The van der Waals surface area contributed by atoms with Gasteiger partial charge in [-0.2, -0.15) is 14.0 Å². The number of nitriles is 1. The third-order valence-electron chi connectivity index (χ3n) is 1.46. The summed E-state index contributed by atoms with van der Waals surface area (Å²) in [5, 5.41) is 16.5. The van der Waals surface area contributed by atoms with Crippen LogP contribution in [0.2, 0.25) is 0 Å². The molecule has 1 aromatic carbocycles. The van der Waals surface area contributed by atoms with Crippen LogP contribution in [0.3, 0.4) is 0 Å². The number of carboxylic acid groups (broad SMARTS) is 1. The second kappa shape index (κ2) is 3.92. The summed E-state index contributed by atoms with van der Waals surface area (Å²) >= 11 is 0. The van der Waals surface area contributed by atoms with Crippen LogP contribution in [0.1, 0.15) is 5.56 Å². The molecule has 1 N–H and O–H groups in total. The third kappa shape index (κ3) is 2.64. The highest BCUT2D eigenvalue weighted by Gasteiger charge is 2.42. The molecule has 0 aliphatic heterocycles. The first kappa shape index (κ1) is 10.9. The summed E-state index contributed by atoms with van der Waals surface area (Å²) in [6, 6.07) is 6.56. The summed E-state index contributed by atoms with van der Waals surface area (Å²) in [5.74, 6) is -2.76. The fourth-order valence-corrected chi connectivity index (χ4v) is 0.821. The first-order chi connectivity index (χ1) is 6.95. The molecule has 0 saturated carbocycles. The number of aliphatic carboxylic acids is 1. The summed E-state index contributed by atoms with van der Waals surface area (Å²) in [6.07, 6.45) is -4.30. The molecular weight excluding hydrogens is 207 g/mol. The fraction of sp³-hybridized carbons (Fsp3) is 0.111. The Bertz CT molecular complexity index is 426. The zero-order valence-electron chi connectivity index (χ0n) is 7.28. The standard InChI is InChI=1S/C9H5F2NO3/c10-9(11,8(13)14)15-7-3-1-2-6(4-7)5-12/h1-4H,(H,13,14)/i10-1. The van der Waals surface area contributed by atoms with Crippen molar-refractivity contribution in [1.29, 1.82) is 5.26 Å². The van der Waals surface area contributed by atoms with Crippen molar-refractivity contribution in [2.24, 2.45) is 0 Å². The number of alkyl halides is 2. The van der Waals surface area contributed by atoms with E-state index >= 15 is 0 Å². The van der Waals surface area contributed by atoms with E-state index in [4.69, 9.17) is 10.4 Å². The first-order valence-corrected chi connectivity index (χ1v) is 3.76. The van der Waals surface area contributed by atoms with Gasteiger partial charge in [0.1, 0.15) is 5.75 Å². The molecule has 0 bridgehead atoms. The van der Waals surface area contributed by atoms with Gasteiger partial charge >= 0.3 is 12.1 Å². The van der Waals surface area contributed by atoms with Gasteiger partial charge in [0.15, 0.2) is 0 Å². The quantitative estimate of drug-likeness (QED) is 0.826. The van der Waals surface area contributed by atoms with E-state index < -0.39 is 12.1 Å². The van der Waals surface area contributed by atoms with Crippen molar-refractivity contribution in [1.82, 2.24) is 0 Å². The first-order valence-electron chi connectivity index (χ1n) is 3.76. The molecule has 0 heterocycles. The third-order valence-corrected chi connectivity index (χ3v) is 1.46. The van der Waals surface area contributed by atoms with E-state index in [2.05, 4.69) is 4.74 Å². The lowest BCUT2D eigenvalue weighted by Crippen LogP contribution is -2.34. The molecule has 4 nitrogen and oxygen atoms in total. The molecule has 1 rings (SSSR count). The van der Waals surface area contributed by atoms with Gasteiger partial charge in [-0.15, -0.1) is 0 Å². The highest BCUT2D eigenvalue weighted by molar-refractivity contribution is 5.73. The molecule has 1 aromatic rings. The van der Waals surface area contributed by atoms with Crippen molar-refractivity contribution in [3.05, 3.63) is 29.8 Å². The summed E-state index contributed by atoms with van der Waals surface area (Å²) in [5.41, 5.74) is 0.105. The fourth-order valence-electron chi connectivity index (χ4n) is 0.821. The minimum Gasteiger partial charge on any atom is -0.474 e. The lowest BCUT2D eigenvalue weighted by atomic mass is 10.2. The van der Waals surface area contributed by atoms with Crippen LogP contribution >= 0.6 is 0 Å². The molecule has 0 fully saturated rings. The SMILES string of the molecule is N#Cc1cccc(OC(F)([18F])C(=O)O)c1. The lowest BCUT2D eigenvalue weighted by molar-refractivity contribution is -0.210. The van der Waals surface area contributed by atoms with Crippen molar-refractivity contribution in [3.8, 4) is 11.8 Å². The average Bonchev–Trinajstić information content (AvgIpc) is 2.17. The van der Waals surface area contributed by atoms with Gasteiger partial charge in [-0.1, -0.05) is 6.07 Å². The molecule has 0 radical (unpaired) electrons. The molecule has 0 aromatic heterocycles. The molecule has 1 atom stereocenters. The van der Waals surface area contributed by atoms with E-state index in [1.165, 1.54) is 12.1 Å². The maximum absolute atomic E-state index is 12.6. The van der Waals surface area contributed by atoms with Crippen LogP contribution in [0.25, 0.3) is 0 Å². The highest BCUT2D eigenvalue weighted by atomic mass is 19.2. The van der Waals surface area contributed by atoms with E-state index in [0.29, 0.717) is 0 Å². The van der Waals surface area contributed by atoms with Crippen molar-refractivity contribution < 1.29 is 23.4 Å². The zero-order chi connectivity index (χ0) is 11.5. The number of halogens is 2. The Labute approximate surface area is 83.3 Å². The summed E-state index contributed by atoms with van der Waals surface area (Å²) in [7, 11) is 0. The molecule has 1 unspecified atom stereocenters. The molecule has 0 spiro atoms. The van der Waals surface area contributed by atoms with Crippen LogP contribution in [0, 0.1) is 11.3 Å². The Morgan fingerprint density at radius 1 is 1.53 bits per heavy atom. The number of carbonyl (C=O) groups is 1. The topological polar surface area (TPSA) is 70.3 Å². The van der Waals surface area contributed by atoms with Crippen molar-refractivity contribution in [3.63, 3.8) is 0 Å². The summed E-state index contributed by atoms with van der Waals surface area (Å²) in [6.45, 7) is 0. The lowest BCUT2D eigenvalue weighted by Gasteiger charge is -2.12. The zero-order valence-corrected chi connectivity index (χ0v) is 7.28. The number of benzene rings is 1. The number of rotatable bonds is 3. The number of hydrogen-bond acceptors (Lipinski definition) is 3. The minimum absolute atomic E-state index is 0.105. The van der Waals surface area contributed by atoms with Crippen LogP contribution in [0.15, 0.2) is 24.3 Å². The van der Waals surface area contributed by atoms with E-state index in [1.54, 1.807) is 6.07 Å². The Morgan fingerprint density at radius 3 is 2.73 bits per heavy atom. The Morgan fingerprint density at radius 2 is 2.20 bits per heavy atom. The average molecular weight is 212 g/mol. The van der Waals surface area contributed by atoms with Gasteiger partial charge in [0.2, 0.25) is 0 Å². The number of nitrogens with zero attached hydrogens (tertiary/aromatic N) is 1. The predicted molar refractivity (Wildman–Crippen MR) is 44.4 cm³/mol. The van der Waals surface area contributed by atoms with E-state index in [0.717, 1.165) is 12.1 Å². The number of carboxylic acids is 1. The maximum atomic E-state index is 12.6. The van der Waals surface area contributed by atoms with Crippen LogP contribution in [0.4, 0.5) is 8.78 Å². The van der Waals surface area contributed by atoms with Crippen molar-refractivity contribution in [2.75, 3.05) is 0 Å². The molecule has 78 valence electrons. The summed E-state index contributed by atoms with van der Waals surface area (Å²) < 4.78 is 29.0. The Balaban J connectivity index is 2.91. The largest absolute Gasteiger partial charge is 0.501 e. The van der Waals surface area contributed by atoms with Gasteiger partial charge in [0.25, 0.3) is 0 Å². The normalized spacial score (nSPS) is 13.7. The maximum Gasteiger partial charge on any atom is 0.501 e. The predicted octanol–water partition coefficient (Wildman–Crippen LogP) is 1.61. The molecular formula is C9H5F2NO3. The number of ether oxygens (including phenoxy) is 1. The van der Waals surface area contributed by atoms with Crippen molar-refractivity contribution in [2.45, 2.75) is 6.11 Å². The molecule has 0 amide bonds. The van der Waals surface area contributed by atoms with Gasteiger partial charge in [-0.25, -0.2) is 4.79 Å². The molecule has 0 aliphatic rings. The monoisotopic (exact) mass is 212 g/mol. The van der Waals surface area contributed by atoms with E-state index in [-0.39, 0.29) is 11.3 Å². The second-order valence-corrected chi connectivity index (χ2v) is 2.56. The molecule has 15 heavy (non-hydrogen) atoms. The Kier molecular flexibility index (Phi) is 2.85. The highest BCUT2D eigenvalue weighted by Crippen LogP contribution is 2.22. The summed E-state index contributed by atoms with van der Waals surface area (Å²) in [4.78, 5) is 10.0. The van der Waals surface area contributed by atoms with Crippen LogP contribution in [-0.2, 0) is 4.79 Å². The minimum atomic E-state index is -4.30. The molecule has 0 saturated heterocycles. The van der Waals surface area contributed by atoms with Gasteiger partial charge in [0, 0.05) is 0 Å². The number of hydrogen-bond donors (Lipinski definition) is 1. The van der Waals surface area contributed by atoms with Gasteiger partial charge in [0.05, 0.1) is 11.6 Å². The smallest absolute Gasteiger partial charge is 0.474 e. The van der Waals surface area contributed by atoms with Crippen molar-refractivity contribution >= 4 is 5.97 Å². The van der Waals surface area contributed by atoms with Gasteiger partial charge in [-0.3, -0.25) is 0 Å². The van der Waals surface area contributed by atoms with Gasteiger partial charge in [-0.05, 0) is 18.2 Å². The molecule has 6 heteroatoms. The van der Waals surface area contributed by atoms with E-state index in [1.807, 2.05) is 0 Å². The molecule has 0 aliphatic carbocycles. The van der Waals surface area contributed by atoms with Crippen LogP contribution < -0.4 is 4.74 Å². The van der Waals surface area contributed by atoms with Crippen LogP contribution in [-0.4, -0.2) is 17.2 Å².